The first-order valence-corrected chi connectivity index (χ1v) is 9.91. The molecule has 10 nitrogen and oxygen atoms in total. The highest BCUT2D eigenvalue weighted by molar-refractivity contribution is 6.02. The molecule has 0 fully saturated rings. The van der Waals surface area contributed by atoms with Gasteiger partial charge in [-0.1, -0.05) is 0 Å². The minimum atomic E-state index is -0.611. The predicted octanol–water partition coefficient (Wildman–Crippen LogP) is 2.79. The molecule has 166 valence electrons. The van der Waals surface area contributed by atoms with E-state index in [-0.39, 0.29) is 11.3 Å². The minimum Gasteiger partial charge on any atom is -0.493 e. The van der Waals surface area contributed by atoms with Crippen molar-refractivity contribution in [2.75, 3.05) is 33.2 Å². The minimum absolute atomic E-state index is 0.149. The number of nitrogens with zero attached hydrogens (tertiary/aromatic N) is 3. The number of carbonyl (C=O) groups excluding carboxylic acids is 2. The predicted molar refractivity (Wildman–Crippen MR) is 115 cm³/mol. The molecule has 0 saturated carbocycles. The number of urea groups is 1. The molecule has 4 rings (SSSR count). The van der Waals surface area contributed by atoms with E-state index in [2.05, 4.69) is 20.3 Å². The average molecular weight is 437 g/mol. The summed E-state index contributed by atoms with van der Waals surface area (Å²) in [6.45, 7) is 0.453. The van der Waals surface area contributed by atoms with Gasteiger partial charge in [-0.3, -0.25) is 4.98 Å². The molecule has 0 bridgehead atoms. The van der Waals surface area contributed by atoms with Gasteiger partial charge in [-0.05, 0) is 17.7 Å². The quantitative estimate of drug-likeness (QED) is 0.589. The molecule has 2 N–H and O–H groups in total. The van der Waals surface area contributed by atoms with Crippen LogP contribution in [0.1, 0.15) is 33.4 Å². The lowest BCUT2D eigenvalue weighted by Crippen LogP contribution is -2.43. The highest BCUT2D eigenvalue weighted by atomic mass is 16.5. The van der Waals surface area contributed by atoms with Crippen molar-refractivity contribution in [3.63, 3.8) is 0 Å². The Balaban J connectivity index is 1.71. The number of hydrogen-bond acceptors (Lipinski definition) is 7. The number of rotatable bonds is 5. The highest BCUT2D eigenvalue weighted by Crippen LogP contribution is 2.36. The van der Waals surface area contributed by atoms with Crippen molar-refractivity contribution in [2.45, 2.75) is 12.5 Å². The molecule has 2 aromatic heterocycles. The monoisotopic (exact) mass is 437 g/mol. The number of imidazole rings is 1. The first-order valence-electron chi connectivity index (χ1n) is 9.91. The smallest absolute Gasteiger partial charge is 0.340 e. The first kappa shape index (κ1) is 21.2. The number of ether oxygens (including phenoxy) is 3. The zero-order valence-electron chi connectivity index (χ0n) is 17.9. The van der Waals surface area contributed by atoms with E-state index in [1.807, 2.05) is 12.1 Å². The molecule has 1 atom stereocenters. The summed E-state index contributed by atoms with van der Waals surface area (Å²) < 4.78 is 15.5. The van der Waals surface area contributed by atoms with Crippen LogP contribution in [0, 0.1) is 0 Å². The van der Waals surface area contributed by atoms with Gasteiger partial charge in [0, 0.05) is 43.2 Å². The second kappa shape index (κ2) is 8.96. The third-order valence-corrected chi connectivity index (χ3v) is 5.38. The van der Waals surface area contributed by atoms with Gasteiger partial charge in [0.05, 0.1) is 44.6 Å². The maximum absolute atomic E-state index is 13.4. The molecule has 1 aromatic carbocycles. The van der Waals surface area contributed by atoms with E-state index in [0.29, 0.717) is 24.5 Å². The number of H-pyrrole nitrogens is 1. The number of hydrogen-bond donors (Lipinski definition) is 2. The van der Waals surface area contributed by atoms with Gasteiger partial charge in [0.15, 0.2) is 11.5 Å². The first-order chi connectivity index (χ1) is 15.6. The van der Waals surface area contributed by atoms with Gasteiger partial charge >= 0.3 is 12.0 Å². The Morgan fingerprint density at radius 1 is 1.12 bits per heavy atom. The molecule has 3 aromatic rings. The van der Waals surface area contributed by atoms with Crippen molar-refractivity contribution in [3.8, 4) is 11.5 Å². The van der Waals surface area contributed by atoms with Crippen LogP contribution in [0.15, 0.2) is 43.0 Å². The fourth-order valence-corrected chi connectivity index (χ4v) is 3.83. The van der Waals surface area contributed by atoms with Crippen LogP contribution in [0.2, 0.25) is 0 Å². The van der Waals surface area contributed by atoms with Crippen LogP contribution >= 0.6 is 0 Å². The number of methoxy groups -OCH3 is 3. The summed E-state index contributed by atoms with van der Waals surface area (Å²) in [5, 5.41) is 2.84. The lowest BCUT2D eigenvalue weighted by atomic mass is 9.97. The van der Waals surface area contributed by atoms with Gasteiger partial charge in [-0.25, -0.2) is 14.6 Å². The second-order valence-corrected chi connectivity index (χ2v) is 7.07. The molecule has 1 unspecified atom stereocenters. The fourth-order valence-electron chi connectivity index (χ4n) is 3.83. The van der Waals surface area contributed by atoms with Crippen molar-refractivity contribution in [1.82, 2.24) is 19.9 Å². The second-order valence-electron chi connectivity index (χ2n) is 7.07. The largest absolute Gasteiger partial charge is 0.493 e. The number of amides is 2. The number of nitrogens with one attached hydrogen (secondary N) is 2. The molecular formula is C22H23N5O5. The van der Waals surface area contributed by atoms with Gasteiger partial charge in [0.25, 0.3) is 0 Å². The number of aromatic amines is 1. The molecule has 0 saturated heterocycles. The fraction of sp³-hybridized carbons (Fsp3) is 0.273. The Hall–Kier alpha value is -4.08. The molecule has 0 aliphatic carbocycles. The molecule has 2 amide bonds. The van der Waals surface area contributed by atoms with Crippen LogP contribution in [-0.2, 0) is 11.2 Å². The van der Waals surface area contributed by atoms with Crippen LogP contribution in [0.25, 0.3) is 0 Å². The van der Waals surface area contributed by atoms with E-state index < -0.39 is 18.0 Å². The molecule has 0 radical (unpaired) electrons. The topological polar surface area (TPSA) is 119 Å². The molecule has 10 heteroatoms. The van der Waals surface area contributed by atoms with Crippen molar-refractivity contribution >= 4 is 17.7 Å². The average Bonchev–Trinajstić information content (AvgIpc) is 3.32. The highest BCUT2D eigenvalue weighted by Gasteiger charge is 2.34. The van der Waals surface area contributed by atoms with Crippen molar-refractivity contribution < 1.29 is 23.8 Å². The van der Waals surface area contributed by atoms with E-state index in [4.69, 9.17) is 14.2 Å². The maximum atomic E-state index is 13.4. The molecule has 32 heavy (non-hydrogen) atoms. The standard InChI is InChI=1S/C22H23N5O5/c1-30-17-10-14(21(28)32-3)16(11-18(17)31-2)26-22(29)27-9-6-15-19(25-12-24-15)20(27)13-4-7-23-8-5-13/h4-5,7-8,10-12,20H,6,9H2,1-3H3,(H,24,25)(H,26,29). The van der Waals surface area contributed by atoms with E-state index in [1.54, 1.807) is 23.6 Å². The maximum Gasteiger partial charge on any atom is 0.340 e. The summed E-state index contributed by atoms with van der Waals surface area (Å²) in [5.74, 6) is 0.106. The van der Waals surface area contributed by atoms with E-state index in [1.165, 1.54) is 33.5 Å². The number of carbonyl (C=O) groups is 2. The summed E-state index contributed by atoms with van der Waals surface area (Å²) in [5.41, 5.74) is 3.04. The summed E-state index contributed by atoms with van der Waals surface area (Å²) in [7, 11) is 4.21. The van der Waals surface area contributed by atoms with Gasteiger partial charge in [0.1, 0.15) is 6.04 Å². The third kappa shape index (κ3) is 3.82. The Morgan fingerprint density at radius 2 is 1.84 bits per heavy atom. The molecule has 1 aliphatic rings. The summed E-state index contributed by atoms with van der Waals surface area (Å²) in [6.07, 6.45) is 5.61. The van der Waals surface area contributed by atoms with Crippen LogP contribution in [0.3, 0.4) is 0 Å². The normalized spacial score (nSPS) is 15.0. The number of anilines is 1. The molecule has 1 aliphatic heterocycles. The summed E-state index contributed by atoms with van der Waals surface area (Å²) >= 11 is 0. The van der Waals surface area contributed by atoms with Gasteiger partial charge in [-0.15, -0.1) is 0 Å². The Bertz CT molecular complexity index is 1130. The number of aromatic nitrogens is 3. The number of fused-ring (bicyclic) bond motifs is 1. The summed E-state index contributed by atoms with van der Waals surface area (Å²) in [6, 6.07) is 5.92. The van der Waals surface area contributed by atoms with Gasteiger partial charge in [-0.2, -0.15) is 0 Å². The van der Waals surface area contributed by atoms with Crippen LogP contribution in [0.5, 0.6) is 11.5 Å². The zero-order chi connectivity index (χ0) is 22.7. The Labute approximate surface area is 184 Å². The van der Waals surface area contributed by atoms with E-state index in [9.17, 15) is 9.59 Å². The zero-order valence-corrected chi connectivity index (χ0v) is 17.9. The lowest BCUT2D eigenvalue weighted by Gasteiger charge is -2.35. The van der Waals surface area contributed by atoms with E-state index in [0.717, 1.165) is 17.0 Å². The van der Waals surface area contributed by atoms with Crippen molar-refractivity contribution in [1.29, 1.82) is 0 Å². The number of pyridine rings is 1. The van der Waals surface area contributed by atoms with Gasteiger partial charge in [0.2, 0.25) is 0 Å². The lowest BCUT2D eigenvalue weighted by molar-refractivity contribution is 0.0601. The molecule has 3 heterocycles. The van der Waals surface area contributed by atoms with E-state index >= 15 is 0 Å². The third-order valence-electron chi connectivity index (χ3n) is 5.38. The molecule has 0 spiro atoms. The van der Waals surface area contributed by atoms with Crippen molar-refractivity contribution in [3.05, 3.63) is 65.5 Å². The van der Waals surface area contributed by atoms with Crippen LogP contribution in [0.4, 0.5) is 10.5 Å². The SMILES string of the molecule is COC(=O)c1cc(OC)c(OC)cc1NC(=O)N1CCc2[nH]cnc2C1c1ccncc1. The van der Waals surface area contributed by atoms with Crippen LogP contribution in [-0.4, -0.2) is 59.7 Å². The van der Waals surface area contributed by atoms with Crippen molar-refractivity contribution in [2.24, 2.45) is 0 Å². The Morgan fingerprint density at radius 3 is 2.53 bits per heavy atom. The van der Waals surface area contributed by atoms with Crippen LogP contribution < -0.4 is 14.8 Å². The Kier molecular flexibility index (Phi) is 5.93. The molecular weight excluding hydrogens is 414 g/mol. The number of esters is 1. The summed E-state index contributed by atoms with van der Waals surface area (Å²) in [4.78, 5) is 39.2. The number of benzene rings is 1. The van der Waals surface area contributed by atoms with Gasteiger partial charge < -0.3 is 29.4 Å².